The zero-order chi connectivity index (χ0) is 12.7. The number of rotatable bonds is 7. The Balaban J connectivity index is 2.33. The minimum Gasteiger partial charge on any atom is -0.493 e. The van der Waals surface area contributed by atoms with Gasteiger partial charge in [0, 0.05) is 0 Å². The maximum Gasteiger partial charge on any atom is 0.332 e. The second-order valence-electron chi connectivity index (χ2n) is 3.35. The molecular weight excluding hydrogens is 224 g/mol. The van der Waals surface area contributed by atoms with Gasteiger partial charge in [-0.3, -0.25) is 0 Å². The summed E-state index contributed by atoms with van der Waals surface area (Å²) in [6.07, 6.45) is -0.823. The number of hydrogen-bond donors (Lipinski definition) is 1. The fourth-order valence-electron chi connectivity index (χ4n) is 1.19. The molecule has 0 aliphatic carbocycles. The SMILES string of the molecule is COc1ccccc1OCCO[C@H](C)C(=O)O. The highest BCUT2D eigenvalue weighted by atomic mass is 16.6. The van der Waals surface area contributed by atoms with Gasteiger partial charge in [-0.05, 0) is 19.1 Å². The Labute approximate surface area is 99.9 Å². The monoisotopic (exact) mass is 240 g/mol. The molecular formula is C12H16O5. The van der Waals surface area contributed by atoms with Crippen LogP contribution in [-0.2, 0) is 9.53 Å². The van der Waals surface area contributed by atoms with Gasteiger partial charge < -0.3 is 19.3 Å². The maximum absolute atomic E-state index is 10.5. The molecule has 0 aromatic heterocycles. The molecule has 0 heterocycles. The molecule has 5 heteroatoms. The molecule has 0 saturated heterocycles. The van der Waals surface area contributed by atoms with Crippen LogP contribution in [0.3, 0.4) is 0 Å². The molecule has 5 nitrogen and oxygen atoms in total. The molecule has 1 aromatic rings. The van der Waals surface area contributed by atoms with Gasteiger partial charge in [0.2, 0.25) is 0 Å². The van der Waals surface area contributed by atoms with E-state index < -0.39 is 12.1 Å². The van der Waals surface area contributed by atoms with E-state index in [0.29, 0.717) is 11.5 Å². The Bertz CT molecular complexity index is 364. The van der Waals surface area contributed by atoms with E-state index in [0.717, 1.165) is 0 Å². The molecule has 0 bridgehead atoms. The number of carboxylic acid groups (broad SMARTS) is 1. The van der Waals surface area contributed by atoms with Gasteiger partial charge in [0.05, 0.1) is 13.7 Å². The van der Waals surface area contributed by atoms with Gasteiger partial charge in [-0.25, -0.2) is 4.79 Å². The fourth-order valence-corrected chi connectivity index (χ4v) is 1.19. The second kappa shape index (κ2) is 6.75. The predicted octanol–water partition coefficient (Wildman–Crippen LogP) is 1.56. The lowest BCUT2D eigenvalue weighted by Gasteiger charge is -2.11. The largest absolute Gasteiger partial charge is 0.493 e. The van der Waals surface area contributed by atoms with Gasteiger partial charge in [-0.2, -0.15) is 0 Å². The Hall–Kier alpha value is -1.75. The minimum absolute atomic E-state index is 0.214. The molecule has 1 rings (SSSR count). The number of benzene rings is 1. The minimum atomic E-state index is -0.984. The number of para-hydroxylation sites is 2. The van der Waals surface area contributed by atoms with Crippen molar-refractivity contribution >= 4 is 5.97 Å². The van der Waals surface area contributed by atoms with Crippen molar-refractivity contribution in [3.8, 4) is 11.5 Å². The third-order valence-electron chi connectivity index (χ3n) is 2.13. The summed E-state index contributed by atoms with van der Waals surface area (Å²) < 4.78 is 15.6. The average Bonchev–Trinajstić information content (AvgIpc) is 2.34. The van der Waals surface area contributed by atoms with E-state index in [2.05, 4.69) is 0 Å². The van der Waals surface area contributed by atoms with Gasteiger partial charge in [0.1, 0.15) is 6.61 Å². The molecule has 94 valence electrons. The summed E-state index contributed by atoms with van der Waals surface area (Å²) in [5.41, 5.74) is 0. The topological polar surface area (TPSA) is 65.0 Å². The molecule has 0 radical (unpaired) electrons. The van der Waals surface area contributed by atoms with Crippen molar-refractivity contribution in [3.63, 3.8) is 0 Å². The molecule has 0 unspecified atom stereocenters. The number of carboxylic acids is 1. The van der Waals surface area contributed by atoms with Crippen molar-refractivity contribution in [2.45, 2.75) is 13.0 Å². The maximum atomic E-state index is 10.5. The first-order chi connectivity index (χ1) is 8.15. The molecule has 0 aliphatic rings. The molecule has 0 amide bonds. The van der Waals surface area contributed by atoms with Crippen LogP contribution in [0.2, 0.25) is 0 Å². The van der Waals surface area contributed by atoms with Crippen LogP contribution >= 0.6 is 0 Å². The molecule has 1 atom stereocenters. The van der Waals surface area contributed by atoms with E-state index >= 15 is 0 Å². The van der Waals surface area contributed by atoms with Crippen molar-refractivity contribution in [2.75, 3.05) is 20.3 Å². The highest BCUT2D eigenvalue weighted by molar-refractivity contribution is 5.71. The van der Waals surface area contributed by atoms with Crippen LogP contribution in [0.5, 0.6) is 11.5 Å². The number of ether oxygens (including phenoxy) is 3. The van der Waals surface area contributed by atoms with Crippen LogP contribution in [0.4, 0.5) is 0 Å². The average molecular weight is 240 g/mol. The van der Waals surface area contributed by atoms with Crippen LogP contribution in [-0.4, -0.2) is 37.5 Å². The number of hydrogen-bond acceptors (Lipinski definition) is 4. The summed E-state index contributed by atoms with van der Waals surface area (Å²) in [4.78, 5) is 10.5. The predicted molar refractivity (Wildman–Crippen MR) is 61.5 cm³/mol. The summed E-state index contributed by atoms with van der Waals surface area (Å²) in [5.74, 6) is 0.266. The van der Waals surface area contributed by atoms with Crippen LogP contribution in [0.1, 0.15) is 6.92 Å². The van der Waals surface area contributed by atoms with Crippen LogP contribution in [0.15, 0.2) is 24.3 Å². The van der Waals surface area contributed by atoms with E-state index in [-0.39, 0.29) is 13.2 Å². The Kier molecular flexibility index (Phi) is 5.29. The third kappa shape index (κ3) is 4.32. The summed E-state index contributed by atoms with van der Waals surface area (Å²) in [6, 6.07) is 7.24. The lowest BCUT2D eigenvalue weighted by atomic mass is 10.3. The molecule has 0 fully saturated rings. The highest BCUT2D eigenvalue weighted by Crippen LogP contribution is 2.25. The van der Waals surface area contributed by atoms with Gasteiger partial charge in [-0.1, -0.05) is 12.1 Å². The lowest BCUT2D eigenvalue weighted by molar-refractivity contribution is -0.149. The van der Waals surface area contributed by atoms with Crippen molar-refractivity contribution in [1.29, 1.82) is 0 Å². The Morgan fingerprint density at radius 3 is 2.53 bits per heavy atom. The van der Waals surface area contributed by atoms with E-state index in [1.54, 1.807) is 19.2 Å². The van der Waals surface area contributed by atoms with Crippen molar-refractivity contribution in [3.05, 3.63) is 24.3 Å². The van der Waals surface area contributed by atoms with Gasteiger partial charge >= 0.3 is 5.97 Å². The van der Waals surface area contributed by atoms with Gasteiger partial charge in [0.15, 0.2) is 17.6 Å². The Morgan fingerprint density at radius 1 is 1.29 bits per heavy atom. The fraction of sp³-hybridized carbons (Fsp3) is 0.417. The third-order valence-corrected chi connectivity index (χ3v) is 2.13. The van der Waals surface area contributed by atoms with E-state index in [9.17, 15) is 4.79 Å². The number of aliphatic carboxylic acids is 1. The summed E-state index contributed by atoms with van der Waals surface area (Å²) in [7, 11) is 1.56. The first-order valence-corrected chi connectivity index (χ1v) is 5.25. The zero-order valence-electron chi connectivity index (χ0n) is 9.88. The smallest absolute Gasteiger partial charge is 0.332 e. The molecule has 17 heavy (non-hydrogen) atoms. The first-order valence-electron chi connectivity index (χ1n) is 5.25. The van der Waals surface area contributed by atoms with E-state index in [4.69, 9.17) is 19.3 Å². The van der Waals surface area contributed by atoms with Crippen molar-refractivity contribution < 1.29 is 24.1 Å². The molecule has 0 aliphatic heterocycles. The van der Waals surface area contributed by atoms with Crippen molar-refractivity contribution in [1.82, 2.24) is 0 Å². The van der Waals surface area contributed by atoms with E-state index in [1.165, 1.54) is 6.92 Å². The summed E-state index contributed by atoms with van der Waals surface area (Å²) >= 11 is 0. The normalized spacial score (nSPS) is 11.9. The summed E-state index contributed by atoms with van der Waals surface area (Å²) in [6.45, 7) is 1.97. The standard InChI is InChI=1S/C12H16O5/c1-9(12(13)14)16-7-8-17-11-6-4-3-5-10(11)15-2/h3-6,9H,7-8H2,1-2H3,(H,13,14)/t9-/m1/s1. The Morgan fingerprint density at radius 2 is 1.94 bits per heavy atom. The quantitative estimate of drug-likeness (QED) is 0.733. The number of methoxy groups -OCH3 is 1. The highest BCUT2D eigenvalue weighted by Gasteiger charge is 2.10. The molecule has 0 spiro atoms. The zero-order valence-corrected chi connectivity index (χ0v) is 9.88. The lowest BCUT2D eigenvalue weighted by Crippen LogP contribution is -2.22. The number of carbonyl (C=O) groups is 1. The van der Waals surface area contributed by atoms with Crippen LogP contribution in [0, 0.1) is 0 Å². The van der Waals surface area contributed by atoms with Crippen LogP contribution < -0.4 is 9.47 Å². The van der Waals surface area contributed by atoms with Crippen LogP contribution in [0.25, 0.3) is 0 Å². The van der Waals surface area contributed by atoms with Gasteiger partial charge in [0.25, 0.3) is 0 Å². The molecule has 0 saturated carbocycles. The molecule has 1 aromatic carbocycles. The van der Waals surface area contributed by atoms with Crippen molar-refractivity contribution in [2.24, 2.45) is 0 Å². The molecule has 1 N–H and O–H groups in total. The van der Waals surface area contributed by atoms with Gasteiger partial charge in [-0.15, -0.1) is 0 Å². The second-order valence-corrected chi connectivity index (χ2v) is 3.35. The first kappa shape index (κ1) is 13.3. The summed E-state index contributed by atoms with van der Waals surface area (Å²) in [5, 5.41) is 8.59. The van der Waals surface area contributed by atoms with E-state index in [1.807, 2.05) is 12.1 Å².